The molecule has 4 rings (SSSR count). The molecule has 0 unspecified atom stereocenters. The van der Waals surface area contributed by atoms with Crippen molar-refractivity contribution in [2.75, 3.05) is 11.4 Å². The average Bonchev–Trinajstić information content (AvgIpc) is 3.20. The highest BCUT2D eigenvalue weighted by atomic mass is 32.2. The van der Waals surface area contributed by atoms with Gasteiger partial charge in [-0.2, -0.15) is 0 Å². The first-order valence-electron chi connectivity index (χ1n) is 9.05. The van der Waals surface area contributed by atoms with Gasteiger partial charge in [-0.15, -0.1) is 0 Å². The summed E-state index contributed by atoms with van der Waals surface area (Å²) in [7, 11) is 0. The summed E-state index contributed by atoms with van der Waals surface area (Å²) >= 11 is 0.949. The second-order valence-corrected chi connectivity index (χ2v) is 7.78. The van der Waals surface area contributed by atoms with Crippen LogP contribution in [0.2, 0.25) is 0 Å². The highest BCUT2D eigenvalue weighted by Crippen LogP contribution is 2.42. The van der Waals surface area contributed by atoms with E-state index >= 15 is 0 Å². The van der Waals surface area contributed by atoms with E-state index in [-0.39, 0.29) is 21.2 Å². The van der Waals surface area contributed by atoms with Crippen LogP contribution < -0.4 is 10.2 Å². The topological polar surface area (TPSA) is 136 Å². The van der Waals surface area contributed by atoms with E-state index < -0.39 is 30.3 Å². The van der Waals surface area contributed by atoms with Crippen molar-refractivity contribution < 1.29 is 29.4 Å². The molecule has 3 N–H and O–H groups in total. The number of aryl methyl sites for hydroxylation is 1. The Morgan fingerprint density at radius 3 is 2.58 bits per heavy atom. The standard InChI is InChI=1S/C21H15N3O6S/c1-10-6-7-11(20(29)30)8-13(10)22-21-23-18(27)17(31-21)16-12-4-2-3-5-14(12)24(19(16)28)9-15(25)26/h2-8H,9H2,1H3,(H,25,26)(H,29,30)(H,22,23,27)/b17-16-. The first-order valence-corrected chi connectivity index (χ1v) is 9.87. The van der Waals surface area contributed by atoms with E-state index in [4.69, 9.17) is 5.11 Å². The Morgan fingerprint density at radius 1 is 1.13 bits per heavy atom. The van der Waals surface area contributed by atoms with Gasteiger partial charge < -0.3 is 15.5 Å². The van der Waals surface area contributed by atoms with Gasteiger partial charge >= 0.3 is 11.9 Å². The van der Waals surface area contributed by atoms with Gasteiger partial charge in [-0.05, 0) is 42.4 Å². The zero-order valence-electron chi connectivity index (χ0n) is 16.1. The Balaban J connectivity index is 1.75. The van der Waals surface area contributed by atoms with E-state index in [1.165, 1.54) is 12.1 Å². The Morgan fingerprint density at radius 2 is 1.87 bits per heavy atom. The lowest BCUT2D eigenvalue weighted by atomic mass is 10.1. The Hall–Kier alpha value is -3.92. The Labute approximate surface area is 180 Å². The summed E-state index contributed by atoms with van der Waals surface area (Å²) in [4.78, 5) is 53.6. The number of amides is 2. The van der Waals surface area contributed by atoms with E-state index in [0.29, 0.717) is 22.5 Å². The maximum atomic E-state index is 13.0. The van der Waals surface area contributed by atoms with Gasteiger partial charge in [-0.3, -0.25) is 19.3 Å². The molecule has 156 valence electrons. The number of fused-ring (bicyclic) bond motifs is 1. The number of carboxylic acids is 2. The smallest absolute Gasteiger partial charge is 0.335 e. The number of carbonyl (C=O) groups excluding carboxylic acids is 2. The summed E-state index contributed by atoms with van der Waals surface area (Å²) in [6, 6.07) is 11.1. The van der Waals surface area contributed by atoms with Crippen LogP contribution in [-0.4, -0.2) is 45.7 Å². The number of rotatable bonds is 4. The van der Waals surface area contributed by atoms with Crippen molar-refractivity contribution in [3.63, 3.8) is 0 Å². The lowest BCUT2D eigenvalue weighted by Gasteiger charge is -2.13. The summed E-state index contributed by atoms with van der Waals surface area (Å²) in [6.07, 6.45) is 0. The van der Waals surface area contributed by atoms with Gasteiger partial charge in [0, 0.05) is 5.56 Å². The minimum Gasteiger partial charge on any atom is -0.480 e. The highest BCUT2D eigenvalue weighted by molar-refractivity contribution is 8.18. The predicted molar refractivity (Wildman–Crippen MR) is 114 cm³/mol. The molecule has 1 fully saturated rings. The molecule has 0 bridgehead atoms. The monoisotopic (exact) mass is 437 g/mol. The van der Waals surface area contributed by atoms with Crippen molar-refractivity contribution in [2.45, 2.75) is 6.92 Å². The minimum absolute atomic E-state index is 0.0575. The largest absolute Gasteiger partial charge is 0.480 e. The molecule has 10 heteroatoms. The normalized spacial score (nSPS) is 19.0. The fourth-order valence-electron chi connectivity index (χ4n) is 3.30. The second-order valence-electron chi connectivity index (χ2n) is 6.79. The molecule has 2 aliphatic rings. The number of hydrogen-bond acceptors (Lipinski definition) is 6. The van der Waals surface area contributed by atoms with Gasteiger partial charge in [0.25, 0.3) is 11.8 Å². The van der Waals surface area contributed by atoms with E-state index in [1.807, 2.05) is 0 Å². The van der Waals surface area contributed by atoms with Gasteiger partial charge in [0.15, 0.2) is 5.17 Å². The summed E-state index contributed by atoms with van der Waals surface area (Å²) in [6.45, 7) is 1.23. The maximum absolute atomic E-state index is 13.0. The van der Waals surface area contributed by atoms with E-state index in [0.717, 1.165) is 16.7 Å². The summed E-state index contributed by atoms with van der Waals surface area (Å²) in [5.41, 5.74) is 2.14. The third-order valence-corrected chi connectivity index (χ3v) is 5.73. The quantitative estimate of drug-likeness (QED) is 0.625. The first-order chi connectivity index (χ1) is 14.8. The van der Waals surface area contributed by atoms with Crippen LogP contribution in [0.3, 0.4) is 0 Å². The molecule has 2 aromatic carbocycles. The third-order valence-electron chi connectivity index (χ3n) is 4.75. The van der Waals surface area contributed by atoms with Crippen LogP contribution in [0.4, 0.5) is 11.4 Å². The SMILES string of the molecule is Cc1ccc(C(=O)O)cc1N=C1NC(=O)/C(=C2/C(=O)N(CC(=O)O)c3ccccc32)S1. The number of nitrogens with one attached hydrogen (secondary N) is 1. The highest BCUT2D eigenvalue weighted by Gasteiger charge is 2.39. The number of thioether (sulfide) groups is 1. The number of aliphatic carboxylic acids is 1. The van der Waals surface area contributed by atoms with E-state index in [1.54, 1.807) is 37.3 Å². The number of carboxylic acid groups (broad SMARTS) is 2. The van der Waals surface area contributed by atoms with Gasteiger partial charge in [0.1, 0.15) is 6.54 Å². The van der Waals surface area contributed by atoms with Crippen molar-refractivity contribution in [3.05, 3.63) is 64.1 Å². The lowest BCUT2D eigenvalue weighted by molar-refractivity contribution is -0.136. The molecule has 0 saturated carbocycles. The van der Waals surface area contributed by atoms with Crippen LogP contribution in [0.25, 0.3) is 5.57 Å². The molecule has 9 nitrogen and oxygen atoms in total. The molecule has 2 aliphatic heterocycles. The zero-order valence-corrected chi connectivity index (χ0v) is 16.9. The van der Waals surface area contributed by atoms with Crippen LogP contribution >= 0.6 is 11.8 Å². The molecular weight excluding hydrogens is 422 g/mol. The number of hydrogen-bond donors (Lipinski definition) is 3. The number of carbonyl (C=O) groups is 4. The van der Waals surface area contributed by atoms with Crippen LogP contribution in [0.5, 0.6) is 0 Å². The number of anilines is 1. The molecule has 31 heavy (non-hydrogen) atoms. The number of benzene rings is 2. The molecule has 2 heterocycles. The third kappa shape index (κ3) is 3.68. The second kappa shape index (κ2) is 7.73. The van der Waals surface area contributed by atoms with Gasteiger partial charge in [-0.1, -0.05) is 24.3 Å². The number of aliphatic imine (C=N–C) groups is 1. The van der Waals surface area contributed by atoms with Crippen LogP contribution in [0.1, 0.15) is 21.5 Å². The van der Waals surface area contributed by atoms with Crippen molar-refractivity contribution in [2.24, 2.45) is 4.99 Å². The van der Waals surface area contributed by atoms with Gasteiger partial charge in [0.05, 0.1) is 27.4 Å². The summed E-state index contributed by atoms with van der Waals surface area (Å²) in [5.74, 6) is -3.38. The molecule has 0 radical (unpaired) electrons. The molecule has 1 saturated heterocycles. The van der Waals surface area contributed by atoms with Crippen molar-refractivity contribution >= 4 is 57.6 Å². The Kier molecular flexibility index (Phi) is 5.07. The Bertz CT molecular complexity index is 1230. The van der Waals surface area contributed by atoms with E-state index in [2.05, 4.69) is 10.3 Å². The predicted octanol–water partition coefficient (Wildman–Crippen LogP) is 2.39. The maximum Gasteiger partial charge on any atom is 0.335 e. The van der Waals surface area contributed by atoms with Crippen LogP contribution in [0, 0.1) is 6.92 Å². The molecule has 0 aliphatic carbocycles. The minimum atomic E-state index is -1.17. The molecule has 2 aromatic rings. The first kappa shape index (κ1) is 20.4. The van der Waals surface area contributed by atoms with Crippen molar-refractivity contribution in [1.29, 1.82) is 0 Å². The molecule has 2 amide bonds. The lowest BCUT2D eigenvalue weighted by Crippen LogP contribution is -2.32. The van der Waals surface area contributed by atoms with Gasteiger partial charge in [0.2, 0.25) is 0 Å². The summed E-state index contributed by atoms with van der Waals surface area (Å²) in [5, 5.41) is 21.1. The number of amidine groups is 1. The average molecular weight is 437 g/mol. The fraction of sp³-hybridized carbons (Fsp3) is 0.0952. The van der Waals surface area contributed by atoms with Gasteiger partial charge in [-0.25, -0.2) is 9.79 Å². The van der Waals surface area contributed by atoms with Crippen LogP contribution in [-0.2, 0) is 14.4 Å². The number of aromatic carboxylic acids is 1. The van der Waals surface area contributed by atoms with E-state index in [9.17, 15) is 24.3 Å². The number of nitrogens with zero attached hydrogens (tertiary/aromatic N) is 2. The molecule has 0 spiro atoms. The molecule has 0 atom stereocenters. The zero-order chi connectivity index (χ0) is 22.3. The molecular formula is C21H15N3O6S. The molecule has 0 aromatic heterocycles. The number of para-hydroxylation sites is 1. The van der Waals surface area contributed by atoms with Crippen molar-refractivity contribution in [3.8, 4) is 0 Å². The van der Waals surface area contributed by atoms with Crippen molar-refractivity contribution in [1.82, 2.24) is 5.32 Å². The fourth-order valence-corrected chi connectivity index (χ4v) is 4.23. The van der Waals surface area contributed by atoms with Crippen LogP contribution in [0.15, 0.2) is 52.4 Å². The summed E-state index contributed by atoms with van der Waals surface area (Å²) < 4.78 is 0.